The van der Waals surface area contributed by atoms with Gasteiger partial charge in [0.1, 0.15) is 5.01 Å². The second-order valence-electron chi connectivity index (χ2n) is 5.72. The first kappa shape index (κ1) is 12.5. The van der Waals surface area contributed by atoms with E-state index in [-0.39, 0.29) is 22.7 Å². The van der Waals surface area contributed by atoms with Crippen LogP contribution in [0.3, 0.4) is 0 Å². The molecule has 94 valence electrons. The highest BCUT2D eigenvalue weighted by molar-refractivity contribution is 7.15. The maximum absolute atomic E-state index is 12.1. The molecule has 2 rings (SSSR count). The van der Waals surface area contributed by atoms with Gasteiger partial charge in [-0.1, -0.05) is 46.0 Å². The molecule has 0 bridgehead atoms. The fraction of sp³-hybridized carbons (Fsp3) is 0.750. The van der Waals surface area contributed by atoms with Gasteiger partial charge in [0.15, 0.2) is 0 Å². The standard InChI is InChI=1S/C12H19N3OS/c1-6-7-14-15-10(17-7)13-9(16)8-11(2,3)12(8,4)5/h8H,6H2,1-5H3,(H,13,15,16). The molecule has 1 aromatic rings. The van der Waals surface area contributed by atoms with E-state index in [1.54, 1.807) is 0 Å². The second-order valence-corrected chi connectivity index (χ2v) is 6.78. The normalized spacial score (nSPS) is 21.2. The fourth-order valence-electron chi connectivity index (χ4n) is 2.48. The number of nitrogens with one attached hydrogen (secondary N) is 1. The summed E-state index contributed by atoms with van der Waals surface area (Å²) in [5.41, 5.74) is 0.130. The van der Waals surface area contributed by atoms with Gasteiger partial charge in [-0.2, -0.15) is 0 Å². The number of hydrogen-bond acceptors (Lipinski definition) is 4. The minimum atomic E-state index is 0.0592. The molecule has 0 aliphatic heterocycles. The van der Waals surface area contributed by atoms with E-state index in [9.17, 15) is 4.79 Å². The molecule has 0 saturated heterocycles. The van der Waals surface area contributed by atoms with E-state index in [4.69, 9.17) is 0 Å². The van der Waals surface area contributed by atoms with Crippen LogP contribution in [0.4, 0.5) is 5.13 Å². The number of carbonyl (C=O) groups is 1. The highest BCUT2D eigenvalue weighted by atomic mass is 32.1. The Morgan fingerprint density at radius 2 is 1.88 bits per heavy atom. The minimum absolute atomic E-state index is 0.0592. The molecule has 17 heavy (non-hydrogen) atoms. The molecule has 1 aliphatic carbocycles. The van der Waals surface area contributed by atoms with Crippen LogP contribution in [0, 0.1) is 16.7 Å². The summed E-state index contributed by atoms with van der Waals surface area (Å²) < 4.78 is 0. The zero-order valence-corrected chi connectivity index (χ0v) is 11.8. The van der Waals surface area contributed by atoms with Crippen molar-refractivity contribution >= 4 is 22.4 Å². The number of aromatic nitrogens is 2. The van der Waals surface area contributed by atoms with E-state index in [1.165, 1.54) is 11.3 Å². The van der Waals surface area contributed by atoms with Crippen molar-refractivity contribution < 1.29 is 4.79 Å². The molecule has 0 atom stereocenters. The van der Waals surface area contributed by atoms with Gasteiger partial charge in [0.25, 0.3) is 0 Å². The first-order valence-corrected chi connectivity index (χ1v) is 6.75. The SMILES string of the molecule is CCc1nnc(NC(=O)C2C(C)(C)C2(C)C)s1. The van der Waals surface area contributed by atoms with Crippen molar-refractivity contribution in [3.8, 4) is 0 Å². The minimum Gasteiger partial charge on any atom is -0.300 e. The fourth-order valence-corrected chi connectivity index (χ4v) is 3.16. The van der Waals surface area contributed by atoms with Crippen LogP contribution in [0.2, 0.25) is 0 Å². The van der Waals surface area contributed by atoms with Crippen molar-refractivity contribution in [2.24, 2.45) is 16.7 Å². The van der Waals surface area contributed by atoms with Gasteiger partial charge in [-0.25, -0.2) is 0 Å². The number of hydrogen-bond donors (Lipinski definition) is 1. The van der Waals surface area contributed by atoms with Crippen LogP contribution >= 0.6 is 11.3 Å². The van der Waals surface area contributed by atoms with Crippen LogP contribution in [0.25, 0.3) is 0 Å². The number of carbonyl (C=O) groups excluding carboxylic acids is 1. The summed E-state index contributed by atoms with van der Waals surface area (Å²) in [5.74, 6) is 0.128. The molecule has 4 nitrogen and oxygen atoms in total. The summed E-state index contributed by atoms with van der Waals surface area (Å²) in [6.45, 7) is 10.6. The molecule has 0 radical (unpaired) electrons. The number of amides is 1. The molecule has 1 amide bonds. The van der Waals surface area contributed by atoms with Gasteiger partial charge < -0.3 is 5.32 Å². The van der Waals surface area contributed by atoms with E-state index in [0.29, 0.717) is 5.13 Å². The molecule has 1 N–H and O–H groups in total. The number of anilines is 1. The van der Waals surface area contributed by atoms with Gasteiger partial charge in [0, 0.05) is 5.92 Å². The number of aryl methyl sites for hydroxylation is 1. The van der Waals surface area contributed by atoms with Gasteiger partial charge in [0.2, 0.25) is 11.0 Å². The van der Waals surface area contributed by atoms with Crippen molar-refractivity contribution in [1.82, 2.24) is 10.2 Å². The van der Waals surface area contributed by atoms with Crippen molar-refractivity contribution in [2.45, 2.75) is 41.0 Å². The molecule has 0 spiro atoms. The molecule has 1 saturated carbocycles. The summed E-state index contributed by atoms with van der Waals surface area (Å²) in [6.07, 6.45) is 0.855. The van der Waals surface area contributed by atoms with Crippen LogP contribution in [0.5, 0.6) is 0 Å². The predicted molar refractivity (Wildman–Crippen MR) is 69.0 cm³/mol. The van der Waals surface area contributed by atoms with Gasteiger partial charge in [0.05, 0.1) is 0 Å². The summed E-state index contributed by atoms with van der Waals surface area (Å²) in [5, 5.41) is 12.4. The number of nitrogens with zero attached hydrogens (tertiary/aromatic N) is 2. The van der Waals surface area contributed by atoms with E-state index in [1.807, 2.05) is 6.92 Å². The molecular formula is C12H19N3OS. The van der Waals surface area contributed by atoms with Crippen LogP contribution < -0.4 is 5.32 Å². The van der Waals surface area contributed by atoms with E-state index in [2.05, 4.69) is 43.2 Å². The molecule has 0 aromatic carbocycles. The van der Waals surface area contributed by atoms with E-state index in [0.717, 1.165) is 11.4 Å². The van der Waals surface area contributed by atoms with Crippen molar-refractivity contribution in [3.05, 3.63) is 5.01 Å². The molecule has 1 fully saturated rings. The van der Waals surface area contributed by atoms with Gasteiger partial charge in [-0.15, -0.1) is 10.2 Å². The molecule has 1 aliphatic rings. The number of rotatable bonds is 3. The van der Waals surface area contributed by atoms with Crippen molar-refractivity contribution in [1.29, 1.82) is 0 Å². The van der Waals surface area contributed by atoms with Gasteiger partial charge >= 0.3 is 0 Å². The Balaban J connectivity index is 2.04. The average molecular weight is 253 g/mol. The Kier molecular flexibility index (Phi) is 2.77. The Labute approximate surface area is 106 Å². The zero-order valence-electron chi connectivity index (χ0n) is 11.0. The lowest BCUT2D eigenvalue weighted by Crippen LogP contribution is -2.17. The summed E-state index contributed by atoms with van der Waals surface area (Å²) >= 11 is 1.45. The van der Waals surface area contributed by atoms with Crippen molar-refractivity contribution in [3.63, 3.8) is 0 Å². The lowest BCUT2D eigenvalue weighted by molar-refractivity contribution is -0.118. The van der Waals surface area contributed by atoms with Crippen molar-refractivity contribution in [2.75, 3.05) is 5.32 Å². The highest BCUT2D eigenvalue weighted by Gasteiger charge is 2.68. The molecular weight excluding hydrogens is 234 g/mol. The lowest BCUT2D eigenvalue weighted by atomic mass is 10.0. The third kappa shape index (κ3) is 1.86. The smallest absolute Gasteiger partial charge is 0.230 e. The highest BCUT2D eigenvalue weighted by Crippen LogP contribution is 2.68. The second kappa shape index (κ2) is 3.77. The molecule has 5 heteroatoms. The van der Waals surface area contributed by atoms with Crippen LogP contribution in [-0.2, 0) is 11.2 Å². The predicted octanol–water partition coefficient (Wildman–Crippen LogP) is 2.72. The van der Waals surface area contributed by atoms with Gasteiger partial charge in [-0.3, -0.25) is 4.79 Å². The Bertz CT molecular complexity index is 436. The average Bonchev–Trinajstić information content (AvgIpc) is 2.57. The van der Waals surface area contributed by atoms with E-state index >= 15 is 0 Å². The Morgan fingerprint density at radius 1 is 1.29 bits per heavy atom. The third-order valence-corrected chi connectivity index (χ3v) is 5.27. The Hall–Kier alpha value is -0.970. The largest absolute Gasteiger partial charge is 0.300 e. The summed E-state index contributed by atoms with van der Waals surface area (Å²) in [6, 6.07) is 0. The summed E-state index contributed by atoms with van der Waals surface area (Å²) in [4.78, 5) is 12.1. The first-order chi connectivity index (χ1) is 7.80. The molecule has 0 unspecified atom stereocenters. The first-order valence-electron chi connectivity index (χ1n) is 5.94. The Morgan fingerprint density at radius 3 is 2.29 bits per heavy atom. The van der Waals surface area contributed by atoms with Gasteiger partial charge in [-0.05, 0) is 17.3 Å². The van der Waals surface area contributed by atoms with E-state index < -0.39 is 0 Å². The maximum atomic E-state index is 12.1. The summed E-state index contributed by atoms with van der Waals surface area (Å²) in [7, 11) is 0. The lowest BCUT2D eigenvalue weighted by Gasteiger charge is -2.03. The monoisotopic (exact) mass is 253 g/mol. The van der Waals surface area contributed by atoms with Crippen LogP contribution in [0.1, 0.15) is 39.6 Å². The maximum Gasteiger partial charge on any atom is 0.230 e. The molecule has 1 heterocycles. The third-order valence-electron chi connectivity index (χ3n) is 4.28. The van der Waals surface area contributed by atoms with Crippen LogP contribution in [-0.4, -0.2) is 16.1 Å². The van der Waals surface area contributed by atoms with Crippen LogP contribution in [0.15, 0.2) is 0 Å². The molecule has 1 aromatic heterocycles. The topological polar surface area (TPSA) is 54.9 Å². The zero-order chi connectivity index (χ0) is 12.8. The quantitative estimate of drug-likeness (QED) is 0.901.